The summed E-state index contributed by atoms with van der Waals surface area (Å²) in [5.41, 5.74) is 0.380. The van der Waals surface area contributed by atoms with Crippen molar-refractivity contribution in [3.8, 4) is 0 Å². The zero-order chi connectivity index (χ0) is 14.6. The van der Waals surface area contributed by atoms with Gasteiger partial charge in [0.2, 0.25) is 0 Å². The van der Waals surface area contributed by atoms with Gasteiger partial charge in [0, 0.05) is 5.57 Å². The number of carbonyl (C=O) groups is 1. The van der Waals surface area contributed by atoms with Gasteiger partial charge in [0.1, 0.15) is 5.60 Å². The van der Waals surface area contributed by atoms with Gasteiger partial charge in [-0.25, -0.2) is 4.79 Å². The van der Waals surface area contributed by atoms with Crippen molar-refractivity contribution in [1.82, 2.24) is 0 Å². The normalized spacial score (nSPS) is 30.6. The highest BCUT2D eigenvalue weighted by molar-refractivity contribution is 5.87. The maximum absolute atomic E-state index is 12.2. The Hall–Kier alpha value is -0.790. The van der Waals surface area contributed by atoms with Gasteiger partial charge in [-0.05, 0) is 57.3 Å². The van der Waals surface area contributed by atoms with E-state index in [1.807, 2.05) is 0 Å². The molecule has 0 saturated heterocycles. The molecule has 2 aliphatic carbocycles. The fourth-order valence-corrected chi connectivity index (χ4v) is 4.34. The SMILES string of the molecule is C=C(C)C(=O)OC1(C2CCCC2)CCCC1CCCC. The first-order valence-electron chi connectivity index (χ1n) is 8.49. The standard InChI is InChI=1S/C18H30O2/c1-4-5-9-15-12-8-13-18(15,16-10-6-7-11-16)20-17(19)14(2)3/h15-16H,2,4-13H2,1,3H3. The van der Waals surface area contributed by atoms with Crippen LogP contribution in [0.25, 0.3) is 0 Å². The minimum Gasteiger partial charge on any atom is -0.455 e. The maximum atomic E-state index is 12.2. The van der Waals surface area contributed by atoms with Crippen LogP contribution < -0.4 is 0 Å². The third-order valence-corrected chi connectivity index (χ3v) is 5.39. The molecule has 0 heterocycles. The number of hydrogen-bond donors (Lipinski definition) is 0. The Morgan fingerprint density at radius 3 is 2.55 bits per heavy atom. The van der Waals surface area contributed by atoms with Crippen molar-refractivity contribution in [2.75, 3.05) is 0 Å². The number of carbonyl (C=O) groups excluding carboxylic acids is 1. The molecule has 2 rings (SSSR count). The Kier molecular flexibility index (Phi) is 5.29. The van der Waals surface area contributed by atoms with Crippen LogP contribution in [0.5, 0.6) is 0 Å². The second kappa shape index (κ2) is 6.78. The fraction of sp³-hybridized carbons (Fsp3) is 0.833. The van der Waals surface area contributed by atoms with Crippen LogP contribution in [0, 0.1) is 11.8 Å². The Labute approximate surface area is 124 Å². The van der Waals surface area contributed by atoms with Gasteiger partial charge in [0.15, 0.2) is 0 Å². The molecule has 2 saturated carbocycles. The van der Waals surface area contributed by atoms with Crippen LogP contribution in [-0.2, 0) is 9.53 Å². The van der Waals surface area contributed by atoms with Gasteiger partial charge in [-0.1, -0.05) is 39.2 Å². The highest BCUT2D eigenvalue weighted by Gasteiger charge is 2.51. The fourth-order valence-electron chi connectivity index (χ4n) is 4.34. The summed E-state index contributed by atoms with van der Waals surface area (Å²) in [6.07, 6.45) is 12.3. The van der Waals surface area contributed by atoms with Gasteiger partial charge in [-0.3, -0.25) is 0 Å². The zero-order valence-corrected chi connectivity index (χ0v) is 13.2. The summed E-state index contributed by atoms with van der Waals surface area (Å²) in [5, 5.41) is 0. The Morgan fingerprint density at radius 2 is 1.95 bits per heavy atom. The molecule has 0 spiro atoms. The van der Waals surface area contributed by atoms with E-state index < -0.39 is 0 Å². The predicted molar refractivity (Wildman–Crippen MR) is 82.5 cm³/mol. The van der Waals surface area contributed by atoms with E-state index >= 15 is 0 Å². The molecule has 114 valence electrons. The van der Waals surface area contributed by atoms with Crippen LogP contribution in [0.3, 0.4) is 0 Å². The topological polar surface area (TPSA) is 26.3 Å². The van der Waals surface area contributed by atoms with Crippen LogP contribution in [0.2, 0.25) is 0 Å². The van der Waals surface area contributed by atoms with Crippen LogP contribution >= 0.6 is 0 Å². The van der Waals surface area contributed by atoms with E-state index in [0.717, 1.165) is 6.42 Å². The highest BCUT2D eigenvalue weighted by Crippen LogP contribution is 2.51. The first-order valence-corrected chi connectivity index (χ1v) is 8.49. The quantitative estimate of drug-likeness (QED) is 0.503. The molecule has 0 radical (unpaired) electrons. The average molecular weight is 278 g/mol. The Balaban J connectivity index is 2.17. The summed E-state index contributed by atoms with van der Waals surface area (Å²) < 4.78 is 6.12. The predicted octanol–water partition coefficient (Wildman–Crippen LogP) is 5.03. The lowest BCUT2D eigenvalue weighted by Gasteiger charge is -2.40. The van der Waals surface area contributed by atoms with Crippen molar-refractivity contribution >= 4 is 5.97 Å². The van der Waals surface area contributed by atoms with Crippen LogP contribution in [-0.4, -0.2) is 11.6 Å². The molecule has 2 aliphatic rings. The van der Waals surface area contributed by atoms with Crippen molar-refractivity contribution < 1.29 is 9.53 Å². The molecule has 0 N–H and O–H groups in total. The molecule has 0 bridgehead atoms. The first-order chi connectivity index (χ1) is 9.60. The molecule has 2 atom stereocenters. The lowest BCUT2D eigenvalue weighted by molar-refractivity contribution is -0.167. The van der Waals surface area contributed by atoms with Gasteiger partial charge in [-0.15, -0.1) is 0 Å². The largest absolute Gasteiger partial charge is 0.455 e. The lowest BCUT2D eigenvalue weighted by atomic mass is 9.75. The highest BCUT2D eigenvalue weighted by atomic mass is 16.6. The van der Waals surface area contributed by atoms with E-state index in [2.05, 4.69) is 13.5 Å². The second-order valence-electron chi connectivity index (χ2n) is 6.84. The minimum atomic E-state index is -0.166. The van der Waals surface area contributed by atoms with Crippen molar-refractivity contribution in [3.05, 3.63) is 12.2 Å². The number of rotatable bonds is 6. The van der Waals surface area contributed by atoms with Crippen LogP contribution in [0.4, 0.5) is 0 Å². The Morgan fingerprint density at radius 1 is 1.25 bits per heavy atom. The molecular formula is C18H30O2. The Bertz CT molecular complexity index is 354. The van der Waals surface area contributed by atoms with Crippen LogP contribution in [0.1, 0.15) is 78.1 Å². The molecule has 2 heteroatoms. The molecule has 0 aromatic rings. The summed E-state index contributed by atoms with van der Waals surface area (Å²) in [4.78, 5) is 12.2. The number of hydrogen-bond acceptors (Lipinski definition) is 2. The molecule has 0 aromatic heterocycles. The number of esters is 1. The lowest BCUT2D eigenvalue weighted by Crippen LogP contribution is -2.45. The molecular weight excluding hydrogens is 248 g/mol. The van der Waals surface area contributed by atoms with Crippen molar-refractivity contribution in [1.29, 1.82) is 0 Å². The van der Waals surface area contributed by atoms with Gasteiger partial charge in [-0.2, -0.15) is 0 Å². The van der Waals surface area contributed by atoms with Crippen LogP contribution in [0.15, 0.2) is 12.2 Å². The van der Waals surface area contributed by atoms with E-state index in [9.17, 15) is 4.79 Å². The zero-order valence-electron chi connectivity index (χ0n) is 13.2. The molecule has 2 unspecified atom stereocenters. The van der Waals surface area contributed by atoms with Gasteiger partial charge < -0.3 is 4.74 Å². The van der Waals surface area contributed by atoms with E-state index in [1.165, 1.54) is 57.8 Å². The molecule has 2 nitrogen and oxygen atoms in total. The number of unbranched alkanes of at least 4 members (excludes halogenated alkanes) is 1. The average Bonchev–Trinajstić information content (AvgIpc) is 3.06. The molecule has 0 aliphatic heterocycles. The summed E-state index contributed by atoms with van der Waals surface area (Å²) in [7, 11) is 0. The second-order valence-corrected chi connectivity index (χ2v) is 6.84. The summed E-state index contributed by atoms with van der Waals surface area (Å²) in [6.45, 7) is 7.77. The molecule has 0 amide bonds. The summed E-state index contributed by atoms with van der Waals surface area (Å²) >= 11 is 0. The van der Waals surface area contributed by atoms with Gasteiger partial charge in [0.25, 0.3) is 0 Å². The van der Waals surface area contributed by atoms with E-state index in [1.54, 1.807) is 6.92 Å². The van der Waals surface area contributed by atoms with E-state index in [0.29, 0.717) is 17.4 Å². The molecule has 0 aromatic carbocycles. The third-order valence-electron chi connectivity index (χ3n) is 5.39. The smallest absolute Gasteiger partial charge is 0.333 e. The van der Waals surface area contributed by atoms with E-state index in [4.69, 9.17) is 4.74 Å². The summed E-state index contributed by atoms with van der Waals surface area (Å²) in [6, 6.07) is 0. The molecule has 20 heavy (non-hydrogen) atoms. The van der Waals surface area contributed by atoms with Crippen molar-refractivity contribution in [3.63, 3.8) is 0 Å². The van der Waals surface area contributed by atoms with Gasteiger partial charge >= 0.3 is 5.97 Å². The number of ether oxygens (including phenoxy) is 1. The summed E-state index contributed by atoms with van der Waals surface area (Å²) in [5.74, 6) is 1.00. The third kappa shape index (κ3) is 3.10. The van der Waals surface area contributed by atoms with Crippen molar-refractivity contribution in [2.45, 2.75) is 83.7 Å². The first kappa shape index (κ1) is 15.6. The van der Waals surface area contributed by atoms with Crippen molar-refractivity contribution in [2.24, 2.45) is 11.8 Å². The van der Waals surface area contributed by atoms with E-state index in [-0.39, 0.29) is 11.6 Å². The minimum absolute atomic E-state index is 0.165. The molecule has 2 fully saturated rings. The van der Waals surface area contributed by atoms with Gasteiger partial charge in [0.05, 0.1) is 0 Å². The maximum Gasteiger partial charge on any atom is 0.333 e. The monoisotopic (exact) mass is 278 g/mol.